The van der Waals surface area contributed by atoms with Gasteiger partial charge >= 0.3 is 11.8 Å². The summed E-state index contributed by atoms with van der Waals surface area (Å²) in [7, 11) is 3.42. The van der Waals surface area contributed by atoms with Gasteiger partial charge in [-0.3, -0.25) is 14.5 Å². The molecule has 8 nitrogen and oxygen atoms in total. The van der Waals surface area contributed by atoms with Crippen molar-refractivity contribution < 1.29 is 22.8 Å². The standard InChI is InChI=1S/C23H29F2N5O3/c1-29(2)23(32)17-13-30(15-6-4-3-5-7-15)11-10-19(17)26-20(31)22-28-27-21(33-22)16-9-8-14(24)12-18(16)25/h8-9,12,15,17,19H,3-7,10-11,13H2,1-2H3,(H,26,31)/t17-,19-/m1/s1. The molecule has 2 amide bonds. The maximum Gasteiger partial charge on any atom is 0.309 e. The van der Waals surface area contributed by atoms with Crippen LogP contribution in [0.15, 0.2) is 22.6 Å². The lowest BCUT2D eigenvalue weighted by Gasteiger charge is -2.43. The van der Waals surface area contributed by atoms with E-state index in [1.54, 1.807) is 19.0 Å². The van der Waals surface area contributed by atoms with Crippen LogP contribution < -0.4 is 5.32 Å². The Morgan fingerprint density at radius 2 is 1.88 bits per heavy atom. The van der Waals surface area contributed by atoms with Crippen LogP contribution in [0.2, 0.25) is 0 Å². The summed E-state index contributed by atoms with van der Waals surface area (Å²) in [6.45, 7) is 1.38. The van der Waals surface area contributed by atoms with Gasteiger partial charge < -0.3 is 14.6 Å². The highest BCUT2D eigenvalue weighted by Gasteiger charge is 2.39. The van der Waals surface area contributed by atoms with Crippen molar-refractivity contribution in [1.82, 2.24) is 25.3 Å². The van der Waals surface area contributed by atoms with Crippen LogP contribution in [0.4, 0.5) is 8.78 Å². The molecule has 0 unspecified atom stereocenters. The van der Waals surface area contributed by atoms with Crippen molar-refractivity contribution in [3.8, 4) is 11.5 Å². The first kappa shape index (κ1) is 23.3. The second-order valence-electron chi connectivity index (χ2n) is 9.03. The van der Waals surface area contributed by atoms with E-state index in [9.17, 15) is 18.4 Å². The second-order valence-corrected chi connectivity index (χ2v) is 9.03. The number of nitrogens with one attached hydrogen (secondary N) is 1. The summed E-state index contributed by atoms with van der Waals surface area (Å²) in [6, 6.07) is 3.05. The summed E-state index contributed by atoms with van der Waals surface area (Å²) in [5, 5.41) is 10.3. The summed E-state index contributed by atoms with van der Waals surface area (Å²) in [5.41, 5.74) is -0.0931. The lowest BCUT2D eigenvalue weighted by atomic mass is 9.86. The number of hydrogen-bond acceptors (Lipinski definition) is 6. The lowest BCUT2D eigenvalue weighted by molar-refractivity contribution is -0.136. The highest BCUT2D eigenvalue weighted by molar-refractivity contribution is 5.90. The molecule has 178 valence electrons. The number of benzene rings is 1. The summed E-state index contributed by atoms with van der Waals surface area (Å²) in [6.07, 6.45) is 6.59. The lowest BCUT2D eigenvalue weighted by Crippen LogP contribution is -2.57. The van der Waals surface area contributed by atoms with E-state index in [0.717, 1.165) is 25.5 Å². The third-order valence-electron chi connectivity index (χ3n) is 6.59. The Labute approximate surface area is 191 Å². The third-order valence-corrected chi connectivity index (χ3v) is 6.59. The van der Waals surface area contributed by atoms with Gasteiger partial charge in [-0.2, -0.15) is 0 Å². The zero-order valence-corrected chi connectivity index (χ0v) is 18.9. The minimum atomic E-state index is -0.864. The van der Waals surface area contributed by atoms with Gasteiger partial charge in [0.2, 0.25) is 5.91 Å². The van der Waals surface area contributed by atoms with Crippen LogP contribution in [0.25, 0.3) is 11.5 Å². The monoisotopic (exact) mass is 461 g/mol. The Hall–Kier alpha value is -2.88. The molecule has 1 aliphatic carbocycles. The Morgan fingerprint density at radius 1 is 1.12 bits per heavy atom. The minimum absolute atomic E-state index is 0.0413. The first-order valence-electron chi connectivity index (χ1n) is 11.4. The fourth-order valence-corrected chi connectivity index (χ4v) is 4.83. The largest absolute Gasteiger partial charge is 0.412 e. The van der Waals surface area contributed by atoms with Gasteiger partial charge in [0.05, 0.1) is 11.5 Å². The molecule has 2 atom stereocenters. The molecule has 0 spiro atoms. The van der Waals surface area contributed by atoms with Crippen LogP contribution in [0.3, 0.4) is 0 Å². The number of likely N-dealkylation sites (tertiary alicyclic amines) is 1. The maximum absolute atomic E-state index is 14.0. The van der Waals surface area contributed by atoms with E-state index in [2.05, 4.69) is 20.4 Å². The van der Waals surface area contributed by atoms with Crippen LogP contribution >= 0.6 is 0 Å². The number of amides is 2. The van der Waals surface area contributed by atoms with Crippen molar-refractivity contribution in [3.05, 3.63) is 35.7 Å². The first-order chi connectivity index (χ1) is 15.8. The number of halogens is 2. The van der Waals surface area contributed by atoms with Gasteiger partial charge in [-0.15, -0.1) is 10.2 Å². The average molecular weight is 462 g/mol. The topological polar surface area (TPSA) is 91.6 Å². The molecule has 1 aromatic heterocycles. The molecule has 2 fully saturated rings. The summed E-state index contributed by atoms with van der Waals surface area (Å²) in [5.74, 6) is -3.20. The van der Waals surface area contributed by atoms with Gasteiger partial charge in [-0.25, -0.2) is 8.78 Å². The van der Waals surface area contributed by atoms with E-state index >= 15 is 0 Å². The maximum atomic E-state index is 14.0. The number of hydrogen-bond donors (Lipinski definition) is 1. The van der Waals surface area contributed by atoms with E-state index in [0.29, 0.717) is 25.1 Å². The second kappa shape index (κ2) is 9.94. The molecule has 1 saturated heterocycles. The van der Waals surface area contributed by atoms with Crippen LogP contribution in [-0.2, 0) is 4.79 Å². The predicted octanol–water partition coefficient (Wildman–Crippen LogP) is 2.86. The molecule has 1 aliphatic heterocycles. The molecular formula is C23H29F2N5O3. The van der Waals surface area contributed by atoms with Gasteiger partial charge in [0.1, 0.15) is 11.6 Å². The number of rotatable bonds is 5. The van der Waals surface area contributed by atoms with Crippen LogP contribution in [-0.4, -0.2) is 71.1 Å². The fourth-order valence-electron chi connectivity index (χ4n) is 4.83. The van der Waals surface area contributed by atoms with E-state index in [4.69, 9.17) is 4.42 Å². The van der Waals surface area contributed by atoms with Gasteiger partial charge in [0.15, 0.2) is 0 Å². The normalized spacial score (nSPS) is 22.2. The van der Waals surface area contributed by atoms with E-state index in [1.165, 1.54) is 25.3 Å². The SMILES string of the molecule is CN(C)C(=O)[C@@H]1CN(C2CCCCC2)CC[C@H]1NC(=O)c1nnc(-c2ccc(F)cc2F)o1. The summed E-state index contributed by atoms with van der Waals surface area (Å²) >= 11 is 0. The first-order valence-corrected chi connectivity index (χ1v) is 11.4. The van der Waals surface area contributed by atoms with Crippen molar-refractivity contribution in [2.45, 2.75) is 50.6 Å². The molecule has 1 saturated carbocycles. The number of carbonyl (C=O) groups excluding carboxylic acids is 2. The predicted molar refractivity (Wildman–Crippen MR) is 116 cm³/mol. The molecule has 2 heterocycles. The third kappa shape index (κ3) is 5.21. The Kier molecular flexibility index (Phi) is 7.02. The quantitative estimate of drug-likeness (QED) is 0.736. The van der Waals surface area contributed by atoms with Gasteiger partial charge in [0, 0.05) is 45.3 Å². The van der Waals surface area contributed by atoms with Crippen molar-refractivity contribution in [1.29, 1.82) is 0 Å². The van der Waals surface area contributed by atoms with E-state index in [1.807, 2.05) is 0 Å². The van der Waals surface area contributed by atoms with E-state index < -0.39 is 23.5 Å². The molecule has 1 N–H and O–H groups in total. The van der Waals surface area contributed by atoms with Crippen molar-refractivity contribution >= 4 is 11.8 Å². The molecule has 0 bridgehead atoms. The average Bonchev–Trinajstić information content (AvgIpc) is 3.29. The fraction of sp³-hybridized carbons (Fsp3) is 0.565. The molecule has 0 radical (unpaired) electrons. The number of carbonyl (C=O) groups is 2. The number of piperidine rings is 1. The van der Waals surface area contributed by atoms with Crippen molar-refractivity contribution in [3.63, 3.8) is 0 Å². The minimum Gasteiger partial charge on any atom is -0.412 e. The molecule has 10 heteroatoms. The number of nitrogens with zero attached hydrogens (tertiary/aromatic N) is 4. The van der Waals surface area contributed by atoms with Crippen LogP contribution in [0.1, 0.15) is 49.2 Å². The van der Waals surface area contributed by atoms with E-state index in [-0.39, 0.29) is 29.3 Å². The zero-order valence-electron chi connectivity index (χ0n) is 18.9. The van der Waals surface area contributed by atoms with Gasteiger partial charge in [-0.05, 0) is 31.4 Å². The molecule has 1 aromatic carbocycles. The zero-order chi connectivity index (χ0) is 23.5. The Bertz CT molecular complexity index is 1010. The smallest absolute Gasteiger partial charge is 0.309 e. The highest BCUT2D eigenvalue weighted by Crippen LogP contribution is 2.28. The molecule has 2 aromatic rings. The van der Waals surface area contributed by atoms with Gasteiger partial charge in [-0.1, -0.05) is 19.3 Å². The van der Waals surface area contributed by atoms with Crippen LogP contribution in [0, 0.1) is 17.6 Å². The Morgan fingerprint density at radius 3 is 2.58 bits per heavy atom. The van der Waals surface area contributed by atoms with Crippen LogP contribution in [0.5, 0.6) is 0 Å². The number of aromatic nitrogens is 2. The van der Waals surface area contributed by atoms with Gasteiger partial charge in [0.25, 0.3) is 5.89 Å². The molecule has 33 heavy (non-hydrogen) atoms. The Balaban J connectivity index is 1.47. The summed E-state index contributed by atoms with van der Waals surface area (Å²) < 4.78 is 32.5. The summed E-state index contributed by atoms with van der Waals surface area (Å²) in [4.78, 5) is 29.7. The molecular weight excluding hydrogens is 432 g/mol. The molecule has 2 aliphatic rings. The highest BCUT2D eigenvalue weighted by atomic mass is 19.1. The van der Waals surface area contributed by atoms with Crippen molar-refractivity contribution in [2.75, 3.05) is 27.2 Å². The molecule has 4 rings (SSSR count). The van der Waals surface area contributed by atoms with Crippen molar-refractivity contribution in [2.24, 2.45) is 5.92 Å².